The Morgan fingerprint density at radius 2 is 1.84 bits per heavy atom. The number of halogens is 1. The van der Waals surface area contributed by atoms with E-state index in [1.807, 2.05) is 24.3 Å². The molecule has 0 fully saturated rings. The van der Waals surface area contributed by atoms with Crippen LogP contribution in [0.5, 0.6) is 0 Å². The molecule has 0 bridgehead atoms. The summed E-state index contributed by atoms with van der Waals surface area (Å²) in [5.74, 6) is -0.159. The van der Waals surface area contributed by atoms with Crippen molar-refractivity contribution in [2.45, 2.75) is 6.42 Å². The van der Waals surface area contributed by atoms with E-state index in [0.717, 1.165) is 12.1 Å². The summed E-state index contributed by atoms with van der Waals surface area (Å²) in [7, 11) is 1.63. The van der Waals surface area contributed by atoms with Crippen molar-refractivity contribution in [3.05, 3.63) is 59.1 Å². The summed E-state index contributed by atoms with van der Waals surface area (Å²) in [6.07, 6.45) is 0.758. The Labute approximate surface area is 157 Å². The van der Waals surface area contributed by atoms with E-state index in [9.17, 15) is 4.79 Å². The maximum absolute atomic E-state index is 12.3. The fraction of sp³-hybridized carbons (Fsp3) is 0.222. The van der Waals surface area contributed by atoms with Crippen LogP contribution in [0.1, 0.15) is 16.8 Å². The highest BCUT2D eigenvalue weighted by Gasteiger charge is 2.11. The Morgan fingerprint density at radius 3 is 2.56 bits per heavy atom. The quantitative estimate of drug-likeness (QED) is 0.504. The number of carbonyl (C=O) groups excluding carboxylic acids is 1. The fourth-order valence-electron chi connectivity index (χ4n) is 2.12. The number of anilines is 2. The summed E-state index contributed by atoms with van der Waals surface area (Å²) in [5, 5.41) is 10.0. The topological polar surface area (TPSA) is 62.4 Å². The molecule has 0 heterocycles. The van der Waals surface area contributed by atoms with Crippen LogP contribution in [0.15, 0.2) is 48.5 Å². The van der Waals surface area contributed by atoms with E-state index in [0.29, 0.717) is 34.5 Å². The SMILES string of the molecule is COCCCNC(=O)c1ccccc1NC(=S)Nc1ccc(Cl)cc1. The van der Waals surface area contributed by atoms with Gasteiger partial charge in [-0.3, -0.25) is 4.79 Å². The van der Waals surface area contributed by atoms with Crippen molar-refractivity contribution in [2.75, 3.05) is 30.9 Å². The van der Waals surface area contributed by atoms with Gasteiger partial charge in [-0.25, -0.2) is 0 Å². The maximum atomic E-state index is 12.3. The number of amides is 1. The van der Waals surface area contributed by atoms with Crippen LogP contribution >= 0.6 is 23.8 Å². The minimum Gasteiger partial charge on any atom is -0.385 e. The first-order valence-electron chi connectivity index (χ1n) is 7.80. The van der Waals surface area contributed by atoms with Crippen LogP contribution < -0.4 is 16.0 Å². The van der Waals surface area contributed by atoms with Crippen LogP contribution in [-0.2, 0) is 4.74 Å². The van der Waals surface area contributed by atoms with Gasteiger partial charge in [-0.2, -0.15) is 0 Å². The zero-order valence-electron chi connectivity index (χ0n) is 13.8. The van der Waals surface area contributed by atoms with Crippen LogP contribution in [0.3, 0.4) is 0 Å². The molecule has 1 amide bonds. The monoisotopic (exact) mass is 377 g/mol. The Balaban J connectivity index is 1.98. The van der Waals surface area contributed by atoms with Gasteiger partial charge >= 0.3 is 0 Å². The number of hydrogen-bond donors (Lipinski definition) is 3. The number of benzene rings is 2. The van der Waals surface area contributed by atoms with Gasteiger partial charge in [0.15, 0.2) is 5.11 Å². The van der Waals surface area contributed by atoms with Gasteiger partial charge in [-0.05, 0) is 55.0 Å². The molecule has 0 aromatic heterocycles. The van der Waals surface area contributed by atoms with Crippen molar-refractivity contribution in [3.63, 3.8) is 0 Å². The van der Waals surface area contributed by atoms with Crippen molar-refractivity contribution in [3.8, 4) is 0 Å². The number of para-hydroxylation sites is 1. The van der Waals surface area contributed by atoms with Crippen LogP contribution in [0.25, 0.3) is 0 Å². The molecule has 0 unspecified atom stereocenters. The first-order chi connectivity index (χ1) is 12.1. The Hall–Kier alpha value is -2.15. The predicted molar refractivity (Wildman–Crippen MR) is 107 cm³/mol. The molecule has 0 atom stereocenters. The molecule has 0 radical (unpaired) electrons. The third-order valence-corrected chi connectivity index (χ3v) is 3.79. The minimum atomic E-state index is -0.159. The standard InChI is InChI=1S/C18H20ClN3O2S/c1-24-12-4-11-20-17(23)15-5-2-3-6-16(15)22-18(25)21-14-9-7-13(19)8-10-14/h2-3,5-10H,4,11-12H2,1H3,(H,20,23)(H2,21,22,25). The first-order valence-corrected chi connectivity index (χ1v) is 8.58. The number of carbonyl (C=O) groups is 1. The van der Waals surface area contributed by atoms with Crippen LogP contribution in [-0.4, -0.2) is 31.3 Å². The third-order valence-electron chi connectivity index (χ3n) is 3.33. The lowest BCUT2D eigenvalue weighted by Gasteiger charge is -2.14. The molecule has 0 saturated carbocycles. The third kappa shape index (κ3) is 6.34. The second kappa shape index (κ2) is 9.98. The van der Waals surface area contributed by atoms with Gasteiger partial charge in [0.1, 0.15) is 0 Å². The summed E-state index contributed by atoms with van der Waals surface area (Å²) < 4.78 is 4.97. The molecule has 2 aromatic rings. The fourth-order valence-corrected chi connectivity index (χ4v) is 2.48. The van der Waals surface area contributed by atoms with Crippen molar-refractivity contribution in [1.82, 2.24) is 5.32 Å². The second-order valence-electron chi connectivity index (χ2n) is 5.23. The zero-order chi connectivity index (χ0) is 18.1. The molecule has 0 saturated heterocycles. The highest BCUT2D eigenvalue weighted by molar-refractivity contribution is 7.80. The number of rotatable bonds is 7. The van der Waals surface area contributed by atoms with E-state index >= 15 is 0 Å². The van der Waals surface area contributed by atoms with Crippen molar-refractivity contribution in [2.24, 2.45) is 0 Å². The summed E-state index contributed by atoms with van der Waals surface area (Å²) in [4.78, 5) is 12.3. The Kier molecular flexibility index (Phi) is 7.66. The highest BCUT2D eigenvalue weighted by atomic mass is 35.5. The van der Waals surface area contributed by atoms with Gasteiger partial charge in [0, 0.05) is 31.0 Å². The molecule has 0 aliphatic rings. The molecule has 0 aliphatic heterocycles. The number of nitrogens with one attached hydrogen (secondary N) is 3. The molecular formula is C18H20ClN3O2S. The molecule has 132 valence electrons. The maximum Gasteiger partial charge on any atom is 0.253 e. The summed E-state index contributed by atoms with van der Waals surface area (Å²) >= 11 is 11.2. The smallest absolute Gasteiger partial charge is 0.253 e. The van der Waals surface area contributed by atoms with E-state index in [1.165, 1.54) is 0 Å². The van der Waals surface area contributed by atoms with E-state index in [2.05, 4.69) is 16.0 Å². The van der Waals surface area contributed by atoms with Crippen molar-refractivity contribution < 1.29 is 9.53 Å². The molecule has 3 N–H and O–H groups in total. The molecule has 0 aliphatic carbocycles. The van der Waals surface area contributed by atoms with Gasteiger partial charge in [-0.15, -0.1) is 0 Å². The lowest BCUT2D eigenvalue weighted by atomic mass is 10.1. The zero-order valence-corrected chi connectivity index (χ0v) is 15.4. The number of ether oxygens (including phenoxy) is 1. The number of hydrogen-bond acceptors (Lipinski definition) is 3. The van der Waals surface area contributed by atoms with Gasteiger partial charge in [0.2, 0.25) is 0 Å². The Morgan fingerprint density at radius 1 is 1.12 bits per heavy atom. The predicted octanol–water partition coefficient (Wildman–Crippen LogP) is 3.92. The molecule has 2 rings (SSSR count). The average molecular weight is 378 g/mol. The van der Waals surface area contributed by atoms with Crippen LogP contribution in [0.4, 0.5) is 11.4 Å². The van der Waals surface area contributed by atoms with Gasteiger partial charge in [0.05, 0.1) is 11.3 Å². The normalized spacial score (nSPS) is 10.2. The average Bonchev–Trinajstić information content (AvgIpc) is 2.61. The Bertz CT molecular complexity index is 723. The van der Waals surface area contributed by atoms with E-state index in [4.69, 9.17) is 28.6 Å². The molecule has 5 nitrogen and oxygen atoms in total. The van der Waals surface area contributed by atoms with Crippen molar-refractivity contribution >= 4 is 46.2 Å². The van der Waals surface area contributed by atoms with E-state index < -0.39 is 0 Å². The molecule has 25 heavy (non-hydrogen) atoms. The van der Waals surface area contributed by atoms with E-state index in [1.54, 1.807) is 31.4 Å². The highest BCUT2D eigenvalue weighted by Crippen LogP contribution is 2.17. The lowest BCUT2D eigenvalue weighted by Crippen LogP contribution is -2.27. The number of methoxy groups -OCH3 is 1. The number of thiocarbonyl (C=S) groups is 1. The molecular weight excluding hydrogens is 358 g/mol. The van der Waals surface area contributed by atoms with Crippen molar-refractivity contribution in [1.29, 1.82) is 0 Å². The van der Waals surface area contributed by atoms with Crippen LogP contribution in [0, 0.1) is 0 Å². The van der Waals surface area contributed by atoms with Gasteiger partial charge in [0.25, 0.3) is 5.91 Å². The second-order valence-corrected chi connectivity index (χ2v) is 6.08. The molecule has 7 heteroatoms. The van der Waals surface area contributed by atoms with Gasteiger partial charge in [-0.1, -0.05) is 23.7 Å². The molecule has 2 aromatic carbocycles. The van der Waals surface area contributed by atoms with Gasteiger partial charge < -0.3 is 20.7 Å². The first kappa shape index (κ1) is 19.2. The minimum absolute atomic E-state index is 0.159. The summed E-state index contributed by atoms with van der Waals surface area (Å²) in [6.45, 7) is 1.16. The van der Waals surface area contributed by atoms with E-state index in [-0.39, 0.29) is 5.91 Å². The largest absolute Gasteiger partial charge is 0.385 e. The lowest BCUT2D eigenvalue weighted by molar-refractivity contribution is 0.0949. The molecule has 0 spiro atoms. The van der Waals surface area contributed by atoms with Crippen LogP contribution in [0.2, 0.25) is 5.02 Å². The summed E-state index contributed by atoms with van der Waals surface area (Å²) in [5.41, 5.74) is 1.97. The summed E-state index contributed by atoms with van der Waals surface area (Å²) in [6, 6.07) is 14.4.